The van der Waals surface area contributed by atoms with Gasteiger partial charge in [-0.05, 0) is 18.6 Å². The molecule has 1 unspecified atom stereocenters. The smallest absolute Gasteiger partial charge is 0.269 e. The fourth-order valence-electron chi connectivity index (χ4n) is 2.56. The highest BCUT2D eigenvalue weighted by Crippen LogP contribution is 2.25. The van der Waals surface area contributed by atoms with E-state index in [0.717, 1.165) is 11.3 Å². The first-order valence-corrected chi connectivity index (χ1v) is 8.54. The van der Waals surface area contributed by atoms with Crippen LogP contribution in [0.1, 0.15) is 12.5 Å². The van der Waals surface area contributed by atoms with Gasteiger partial charge in [0.15, 0.2) is 9.84 Å². The van der Waals surface area contributed by atoms with E-state index in [1.807, 2.05) is 11.8 Å². The first-order valence-electron chi connectivity index (χ1n) is 6.72. The van der Waals surface area contributed by atoms with Crippen LogP contribution in [0.2, 0.25) is 0 Å². The molecule has 1 aromatic rings. The van der Waals surface area contributed by atoms with Crippen molar-refractivity contribution in [1.29, 1.82) is 0 Å². The van der Waals surface area contributed by atoms with Gasteiger partial charge in [-0.15, -0.1) is 0 Å². The molecule has 0 aromatic heterocycles. The predicted octanol–water partition coefficient (Wildman–Crippen LogP) is 1.26. The van der Waals surface area contributed by atoms with Crippen molar-refractivity contribution >= 4 is 21.2 Å². The van der Waals surface area contributed by atoms with E-state index in [-0.39, 0.29) is 23.2 Å². The Bertz CT molecular complexity index is 645. The molecule has 21 heavy (non-hydrogen) atoms. The molecule has 0 saturated carbocycles. The van der Waals surface area contributed by atoms with Crippen molar-refractivity contribution in [3.05, 3.63) is 33.9 Å². The average Bonchev–Trinajstić information content (AvgIpc) is 2.41. The van der Waals surface area contributed by atoms with Gasteiger partial charge in [0.05, 0.1) is 16.4 Å². The molecule has 0 amide bonds. The zero-order chi connectivity index (χ0) is 15.6. The number of hydrogen-bond donors (Lipinski definition) is 1. The molecule has 1 atom stereocenters. The molecule has 1 fully saturated rings. The average molecular weight is 313 g/mol. The fraction of sp³-hybridized carbons (Fsp3) is 0.538. The molecule has 7 nitrogen and oxygen atoms in total. The number of nitrogens with zero attached hydrogens (tertiary/aromatic N) is 2. The Balaban J connectivity index is 2.22. The van der Waals surface area contributed by atoms with Crippen molar-refractivity contribution < 1.29 is 13.3 Å². The van der Waals surface area contributed by atoms with Gasteiger partial charge in [0.1, 0.15) is 0 Å². The Kier molecular flexibility index (Phi) is 4.48. The summed E-state index contributed by atoms with van der Waals surface area (Å²) in [5, 5.41) is 13.9. The molecule has 1 aliphatic heterocycles. The van der Waals surface area contributed by atoms with Gasteiger partial charge >= 0.3 is 0 Å². The van der Waals surface area contributed by atoms with Crippen molar-refractivity contribution in [3.8, 4) is 0 Å². The maximum atomic E-state index is 11.6. The van der Waals surface area contributed by atoms with E-state index in [0.29, 0.717) is 13.1 Å². The molecule has 0 bridgehead atoms. The number of sulfone groups is 1. The van der Waals surface area contributed by atoms with Crippen LogP contribution in [0.3, 0.4) is 0 Å². The summed E-state index contributed by atoms with van der Waals surface area (Å²) in [6.07, 6.45) is 0. The summed E-state index contributed by atoms with van der Waals surface area (Å²) in [7, 11) is -1.20. The summed E-state index contributed by atoms with van der Waals surface area (Å²) < 4.78 is 23.2. The highest BCUT2D eigenvalue weighted by atomic mass is 32.2. The predicted molar refractivity (Wildman–Crippen MR) is 81.2 cm³/mol. The van der Waals surface area contributed by atoms with Crippen molar-refractivity contribution in [2.24, 2.45) is 0 Å². The molecular weight excluding hydrogens is 294 g/mol. The first kappa shape index (κ1) is 15.7. The Morgan fingerprint density at radius 2 is 2.19 bits per heavy atom. The lowest BCUT2D eigenvalue weighted by atomic mass is 10.1. The Hall–Kier alpha value is -1.67. The molecule has 0 spiro atoms. The van der Waals surface area contributed by atoms with Crippen LogP contribution >= 0.6 is 0 Å². The second-order valence-corrected chi connectivity index (χ2v) is 7.51. The number of nitro groups is 1. The number of hydrogen-bond acceptors (Lipinski definition) is 6. The second-order valence-electron chi connectivity index (χ2n) is 5.28. The van der Waals surface area contributed by atoms with Crippen LogP contribution in [-0.2, 0) is 16.4 Å². The van der Waals surface area contributed by atoms with E-state index in [2.05, 4.69) is 5.32 Å². The molecule has 0 aliphatic carbocycles. The normalized spacial score (nSPS) is 21.9. The molecule has 1 aromatic carbocycles. The number of nitro benzene ring substituents is 1. The van der Waals surface area contributed by atoms with E-state index < -0.39 is 14.8 Å². The minimum Gasteiger partial charge on any atom is -0.388 e. The molecule has 2 rings (SSSR count). The zero-order valence-corrected chi connectivity index (χ0v) is 12.9. The largest absolute Gasteiger partial charge is 0.388 e. The number of nitrogens with one attached hydrogen (secondary N) is 1. The van der Waals surface area contributed by atoms with Crippen LogP contribution in [0.25, 0.3) is 0 Å². The molecule has 0 radical (unpaired) electrons. The summed E-state index contributed by atoms with van der Waals surface area (Å²) in [5.41, 5.74) is 1.67. The van der Waals surface area contributed by atoms with Crippen molar-refractivity contribution in [2.45, 2.75) is 19.5 Å². The Morgan fingerprint density at radius 3 is 2.76 bits per heavy atom. The molecule has 1 aliphatic rings. The van der Waals surface area contributed by atoms with Crippen LogP contribution < -0.4 is 5.32 Å². The van der Waals surface area contributed by atoms with Gasteiger partial charge in [-0.3, -0.25) is 15.0 Å². The molecule has 1 heterocycles. The van der Waals surface area contributed by atoms with Gasteiger partial charge in [-0.25, -0.2) is 8.42 Å². The lowest BCUT2D eigenvalue weighted by Crippen LogP contribution is -2.46. The third kappa shape index (κ3) is 3.70. The van der Waals surface area contributed by atoms with Gasteiger partial charge in [0.25, 0.3) is 5.69 Å². The minimum atomic E-state index is -2.96. The van der Waals surface area contributed by atoms with Crippen LogP contribution in [0.15, 0.2) is 18.2 Å². The molecule has 1 saturated heterocycles. The summed E-state index contributed by atoms with van der Waals surface area (Å²) in [5.74, 6) is 0.276. The topological polar surface area (TPSA) is 92.6 Å². The number of benzene rings is 1. The standard InChI is InChI=1S/C13H19N3O4S/c1-10-9-21(19,20)6-5-15(10)8-11-7-12(16(17)18)3-4-13(11)14-2/h3-4,7,10,14H,5-6,8-9H2,1-2H3. The maximum absolute atomic E-state index is 11.6. The van der Waals surface area contributed by atoms with Gasteiger partial charge in [0.2, 0.25) is 0 Å². The van der Waals surface area contributed by atoms with Crippen LogP contribution in [0.4, 0.5) is 11.4 Å². The maximum Gasteiger partial charge on any atom is 0.269 e. The van der Waals surface area contributed by atoms with Gasteiger partial charge in [-0.1, -0.05) is 0 Å². The van der Waals surface area contributed by atoms with Crippen LogP contribution in [0.5, 0.6) is 0 Å². The van der Waals surface area contributed by atoms with Gasteiger partial charge in [-0.2, -0.15) is 0 Å². The lowest BCUT2D eigenvalue weighted by molar-refractivity contribution is -0.384. The highest BCUT2D eigenvalue weighted by molar-refractivity contribution is 7.91. The van der Waals surface area contributed by atoms with Gasteiger partial charge in [0, 0.05) is 44.0 Å². The Morgan fingerprint density at radius 1 is 1.48 bits per heavy atom. The quantitative estimate of drug-likeness (QED) is 0.664. The highest BCUT2D eigenvalue weighted by Gasteiger charge is 2.28. The van der Waals surface area contributed by atoms with E-state index in [9.17, 15) is 18.5 Å². The summed E-state index contributed by atoms with van der Waals surface area (Å²) in [6.45, 7) is 2.82. The summed E-state index contributed by atoms with van der Waals surface area (Å²) in [4.78, 5) is 12.5. The molecular formula is C13H19N3O4S. The van der Waals surface area contributed by atoms with Crippen LogP contribution in [0, 0.1) is 10.1 Å². The first-order chi connectivity index (χ1) is 9.82. The zero-order valence-electron chi connectivity index (χ0n) is 12.1. The summed E-state index contributed by atoms with van der Waals surface area (Å²) in [6, 6.07) is 4.59. The van der Waals surface area contributed by atoms with Crippen molar-refractivity contribution in [2.75, 3.05) is 30.4 Å². The second kappa shape index (κ2) is 5.98. The monoisotopic (exact) mass is 313 g/mol. The van der Waals surface area contributed by atoms with E-state index in [1.54, 1.807) is 19.2 Å². The molecule has 116 valence electrons. The van der Waals surface area contributed by atoms with Gasteiger partial charge < -0.3 is 5.32 Å². The minimum absolute atomic E-state index is 0.0429. The number of non-ortho nitro benzene ring substituents is 1. The van der Waals surface area contributed by atoms with E-state index in [1.165, 1.54) is 6.07 Å². The van der Waals surface area contributed by atoms with E-state index >= 15 is 0 Å². The van der Waals surface area contributed by atoms with Crippen LogP contribution in [-0.4, -0.2) is 49.4 Å². The number of anilines is 1. The third-order valence-electron chi connectivity index (χ3n) is 3.75. The summed E-state index contributed by atoms with van der Waals surface area (Å²) >= 11 is 0. The SMILES string of the molecule is CNc1ccc([N+](=O)[O-])cc1CN1CCS(=O)(=O)CC1C. The van der Waals surface area contributed by atoms with E-state index in [4.69, 9.17) is 0 Å². The fourth-order valence-corrected chi connectivity index (χ4v) is 4.18. The molecule has 1 N–H and O–H groups in total. The third-order valence-corrected chi connectivity index (χ3v) is 5.55. The van der Waals surface area contributed by atoms with Crippen molar-refractivity contribution in [3.63, 3.8) is 0 Å². The molecule has 8 heteroatoms. The van der Waals surface area contributed by atoms with Crippen molar-refractivity contribution in [1.82, 2.24) is 4.90 Å². The number of rotatable bonds is 4. The lowest BCUT2D eigenvalue weighted by Gasteiger charge is -2.33. The Labute approximate surface area is 124 Å².